The number of aromatic carboxylic acids is 1. The van der Waals surface area contributed by atoms with Crippen LogP contribution >= 0.6 is 0 Å². The van der Waals surface area contributed by atoms with Crippen LogP contribution in [0.1, 0.15) is 26.3 Å². The van der Waals surface area contributed by atoms with Gasteiger partial charge < -0.3 is 5.11 Å². The molecule has 0 spiro atoms. The van der Waals surface area contributed by atoms with Gasteiger partial charge in [-0.05, 0) is 30.7 Å². The molecule has 0 aromatic heterocycles. The van der Waals surface area contributed by atoms with E-state index in [1.54, 1.807) is 13.0 Å². The van der Waals surface area contributed by atoms with E-state index in [4.69, 9.17) is 5.11 Å². The Kier molecular flexibility index (Phi) is 2.24. The Bertz CT molecular complexity index is 329. The fourth-order valence-electron chi connectivity index (χ4n) is 1.00. The van der Waals surface area contributed by atoms with Crippen LogP contribution in [0.3, 0.4) is 0 Å². The van der Waals surface area contributed by atoms with Crippen molar-refractivity contribution in [3.63, 3.8) is 0 Å². The van der Waals surface area contributed by atoms with Gasteiger partial charge in [0.15, 0.2) is 0 Å². The minimum Gasteiger partial charge on any atom is -0.478 e. The molecule has 0 bridgehead atoms. The number of benzene rings is 1. The first-order valence-corrected chi connectivity index (χ1v) is 3.43. The van der Waals surface area contributed by atoms with E-state index < -0.39 is 5.97 Å². The van der Waals surface area contributed by atoms with Crippen LogP contribution in [0.15, 0.2) is 18.2 Å². The van der Waals surface area contributed by atoms with Crippen molar-refractivity contribution in [3.8, 4) is 0 Å². The smallest absolute Gasteiger partial charge is 0.335 e. The summed E-state index contributed by atoms with van der Waals surface area (Å²) in [5.41, 5.74) is 1.32. The van der Waals surface area contributed by atoms with Gasteiger partial charge in [-0.15, -0.1) is 0 Å². The predicted molar refractivity (Wildman–Crippen MR) is 43.5 cm³/mol. The number of hydrogen-bond acceptors (Lipinski definition) is 2. The number of carbonyl (C=O) groups excluding carboxylic acids is 1. The van der Waals surface area contributed by atoms with E-state index in [-0.39, 0.29) is 5.56 Å². The van der Waals surface area contributed by atoms with Crippen LogP contribution in [0.2, 0.25) is 0 Å². The van der Waals surface area contributed by atoms with E-state index in [0.717, 1.165) is 5.56 Å². The Balaban J connectivity index is 3.23. The van der Waals surface area contributed by atoms with Crippen LogP contribution in [0.5, 0.6) is 0 Å². The van der Waals surface area contributed by atoms with Crippen molar-refractivity contribution in [1.29, 1.82) is 0 Å². The van der Waals surface area contributed by atoms with Crippen molar-refractivity contribution >= 4 is 12.3 Å². The van der Waals surface area contributed by atoms with Crippen molar-refractivity contribution < 1.29 is 14.7 Å². The second-order valence-corrected chi connectivity index (χ2v) is 2.56. The number of rotatable bonds is 2. The Morgan fingerprint density at radius 3 is 2.58 bits per heavy atom. The van der Waals surface area contributed by atoms with Crippen LogP contribution in [0.25, 0.3) is 0 Å². The highest BCUT2D eigenvalue weighted by atomic mass is 16.4. The molecule has 0 aliphatic rings. The van der Waals surface area contributed by atoms with Gasteiger partial charge in [0.05, 0.1) is 5.56 Å². The second kappa shape index (κ2) is 3.17. The minimum absolute atomic E-state index is 0.150. The van der Waals surface area contributed by atoms with Gasteiger partial charge in [0.25, 0.3) is 0 Å². The molecule has 0 aliphatic carbocycles. The molecule has 1 rings (SSSR count). The van der Waals surface area contributed by atoms with E-state index in [1.165, 1.54) is 12.1 Å². The zero-order valence-corrected chi connectivity index (χ0v) is 6.57. The van der Waals surface area contributed by atoms with Crippen LogP contribution < -0.4 is 0 Å². The average molecular weight is 164 g/mol. The number of carboxylic acids is 1. The molecule has 0 saturated heterocycles. The maximum atomic E-state index is 10.5. The maximum Gasteiger partial charge on any atom is 0.335 e. The number of aldehydes is 1. The number of hydrogen-bond donors (Lipinski definition) is 1. The SMILES string of the molecule is Cc1cc(C=O)cc(C(=O)O)c1. The summed E-state index contributed by atoms with van der Waals surface area (Å²) >= 11 is 0. The van der Waals surface area contributed by atoms with Crippen molar-refractivity contribution in [2.24, 2.45) is 0 Å². The van der Waals surface area contributed by atoms with E-state index in [9.17, 15) is 9.59 Å². The van der Waals surface area contributed by atoms with Gasteiger partial charge in [0.2, 0.25) is 0 Å². The monoisotopic (exact) mass is 164 g/mol. The summed E-state index contributed by atoms with van der Waals surface area (Å²) in [6.45, 7) is 1.75. The van der Waals surface area contributed by atoms with Gasteiger partial charge >= 0.3 is 5.97 Å². The topological polar surface area (TPSA) is 54.4 Å². The van der Waals surface area contributed by atoms with Crippen molar-refractivity contribution in [1.82, 2.24) is 0 Å². The van der Waals surface area contributed by atoms with E-state index in [1.807, 2.05) is 0 Å². The van der Waals surface area contributed by atoms with Gasteiger partial charge in [0.1, 0.15) is 6.29 Å². The first-order chi connectivity index (χ1) is 5.63. The molecule has 0 unspecified atom stereocenters. The fourth-order valence-corrected chi connectivity index (χ4v) is 1.00. The molecule has 0 atom stereocenters. The molecule has 3 nitrogen and oxygen atoms in total. The molecule has 0 radical (unpaired) electrons. The largest absolute Gasteiger partial charge is 0.478 e. The number of carbonyl (C=O) groups is 2. The summed E-state index contributed by atoms with van der Waals surface area (Å²) in [6.07, 6.45) is 0.638. The Morgan fingerprint density at radius 1 is 1.42 bits per heavy atom. The summed E-state index contributed by atoms with van der Waals surface area (Å²) < 4.78 is 0. The molecular weight excluding hydrogens is 156 g/mol. The third kappa shape index (κ3) is 1.69. The van der Waals surface area contributed by atoms with E-state index >= 15 is 0 Å². The molecule has 1 aromatic rings. The molecule has 1 aromatic carbocycles. The molecular formula is C9H8O3. The highest BCUT2D eigenvalue weighted by molar-refractivity contribution is 5.90. The van der Waals surface area contributed by atoms with Gasteiger partial charge in [0, 0.05) is 5.56 Å². The highest BCUT2D eigenvalue weighted by Gasteiger charge is 2.03. The minimum atomic E-state index is -1.01. The van der Waals surface area contributed by atoms with Crippen LogP contribution in [-0.4, -0.2) is 17.4 Å². The lowest BCUT2D eigenvalue weighted by Gasteiger charge is -1.97. The van der Waals surface area contributed by atoms with Gasteiger partial charge in [-0.1, -0.05) is 0 Å². The first-order valence-electron chi connectivity index (χ1n) is 3.43. The van der Waals surface area contributed by atoms with E-state index in [0.29, 0.717) is 11.8 Å². The molecule has 0 saturated carbocycles. The molecule has 0 aliphatic heterocycles. The number of aryl methyl sites for hydroxylation is 1. The molecule has 0 fully saturated rings. The average Bonchev–Trinajstić information content (AvgIpc) is 2.03. The van der Waals surface area contributed by atoms with Gasteiger partial charge in [-0.2, -0.15) is 0 Å². The second-order valence-electron chi connectivity index (χ2n) is 2.56. The standard InChI is InChI=1S/C9H8O3/c1-6-2-7(5-10)4-8(3-6)9(11)12/h2-5H,1H3,(H,11,12). The van der Waals surface area contributed by atoms with Crippen molar-refractivity contribution in [3.05, 3.63) is 34.9 Å². The number of carboxylic acid groups (broad SMARTS) is 1. The summed E-state index contributed by atoms with van der Waals surface area (Å²) in [6, 6.07) is 4.51. The lowest BCUT2D eigenvalue weighted by molar-refractivity contribution is 0.0697. The third-order valence-corrected chi connectivity index (χ3v) is 1.48. The summed E-state index contributed by atoms with van der Waals surface area (Å²) in [7, 11) is 0. The van der Waals surface area contributed by atoms with Gasteiger partial charge in [-0.25, -0.2) is 4.79 Å². The van der Waals surface area contributed by atoms with Crippen molar-refractivity contribution in [2.75, 3.05) is 0 Å². The molecule has 0 amide bonds. The van der Waals surface area contributed by atoms with Gasteiger partial charge in [-0.3, -0.25) is 4.79 Å². The Morgan fingerprint density at radius 2 is 2.08 bits per heavy atom. The van der Waals surface area contributed by atoms with E-state index in [2.05, 4.69) is 0 Å². The normalized spacial score (nSPS) is 9.42. The highest BCUT2D eigenvalue weighted by Crippen LogP contribution is 2.07. The predicted octanol–water partition coefficient (Wildman–Crippen LogP) is 1.51. The van der Waals surface area contributed by atoms with Crippen molar-refractivity contribution in [2.45, 2.75) is 6.92 Å². The fraction of sp³-hybridized carbons (Fsp3) is 0.111. The van der Waals surface area contributed by atoms with Crippen LogP contribution in [-0.2, 0) is 0 Å². The van der Waals surface area contributed by atoms with Crippen LogP contribution in [0.4, 0.5) is 0 Å². The molecule has 0 heterocycles. The summed E-state index contributed by atoms with van der Waals surface area (Å²) in [5.74, 6) is -1.01. The molecule has 3 heteroatoms. The quantitative estimate of drug-likeness (QED) is 0.674. The zero-order chi connectivity index (χ0) is 9.14. The maximum absolute atomic E-state index is 10.5. The molecule has 1 N–H and O–H groups in total. The Labute approximate surface area is 69.6 Å². The molecule has 12 heavy (non-hydrogen) atoms. The van der Waals surface area contributed by atoms with Crippen LogP contribution in [0, 0.1) is 6.92 Å². The first kappa shape index (κ1) is 8.46. The lowest BCUT2D eigenvalue weighted by atomic mass is 10.1. The summed E-state index contributed by atoms with van der Waals surface area (Å²) in [5, 5.41) is 8.61. The Hall–Kier alpha value is -1.64. The zero-order valence-electron chi connectivity index (χ0n) is 6.57. The third-order valence-electron chi connectivity index (χ3n) is 1.48. The summed E-state index contributed by atoms with van der Waals surface area (Å²) in [4.78, 5) is 20.8. The lowest BCUT2D eigenvalue weighted by Crippen LogP contribution is -1.98. The molecule has 62 valence electrons.